The number of hydrogen-bond donors (Lipinski definition) is 0. The van der Waals surface area contributed by atoms with Gasteiger partial charge in [-0.1, -0.05) is 45.4 Å². The molecule has 2 aromatic carbocycles. The van der Waals surface area contributed by atoms with Crippen LogP contribution >= 0.6 is 0 Å². The van der Waals surface area contributed by atoms with Gasteiger partial charge in [0.2, 0.25) is 0 Å². The van der Waals surface area contributed by atoms with Gasteiger partial charge in [-0.15, -0.1) is 0 Å². The Balaban J connectivity index is 2.11. The summed E-state index contributed by atoms with van der Waals surface area (Å²) in [5.41, 5.74) is 9.26. The van der Waals surface area contributed by atoms with Crippen LogP contribution in [0.15, 0.2) is 42.6 Å². The molecule has 0 N–H and O–H groups in total. The van der Waals surface area contributed by atoms with Crippen LogP contribution in [0.3, 0.4) is 0 Å². The lowest BCUT2D eigenvalue weighted by atomic mass is 9.84. The predicted octanol–water partition coefficient (Wildman–Crippen LogP) is 6.16. The fraction of sp³-hybridized carbons (Fsp3) is 0.320. The summed E-state index contributed by atoms with van der Waals surface area (Å²) in [6.07, 6.45) is 2.66. The van der Waals surface area contributed by atoms with Crippen molar-refractivity contribution in [3.05, 3.63) is 70.5 Å². The molecule has 0 fully saturated rings. The minimum Gasteiger partial charge on any atom is -0.252 e. The lowest BCUT2D eigenvalue weighted by Gasteiger charge is -2.21. The number of benzene rings is 2. The van der Waals surface area contributed by atoms with Crippen molar-refractivity contribution in [3.63, 3.8) is 0 Å². The van der Waals surface area contributed by atoms with E-state index in [-0.39, 0.29) is 5.41 Å². The maximum atomic E-state index is 9.09. The standard InChI is InChI=1S/C25H27N3/c1-7-22-24(19-10-16(2)11-20(13-19)25(4,5)6)27-15-23(28-22)21-9-8-18(14-26)12-17(21)3/h8-13,15H,7H2,1-6H3. The molecule has 0 spiro atoms. The van der Waals surface area contributed by atoms with Gasteiger partial charge in [-0.25, -0.2) is 4.98 Å². The van der Waals surface area contributed by atoms with Crippen LogP contribution < -0.4 is 0 Å². The van der Waals surface area contributed by atoms with E-state index in [9.17, 15) is 0 Å². The second-order valence-electron chi connectivity index (χ2n) is 8.38. The third-order valence-electron chi connectivity index (χ3n) is 5.03. The average molecular weight is 370 g/mol. The molecule has 0 amide bonds. The van der Waals surface area contributed by atoms with Crippen molar-refractivity contribution in [2.75, 3.05) is 0 Å². The summed E-state index contributed by atoms with van der Waals surface area (Å²) in [7, 11) is 0. The first kappa shape index (κ1) is 19.8. The van der Waals surface area contributed by atoms with Crippen LogP contribution in [0.4, 0.5) is 0 Å². The van der Waals surface area contributed by atoms with Crippen molar-refractivity contribution in [2.24, 2.45) is 0 Å². The molecule has 3 aromatic rings. The van der Waals surface area contributed by atoms with Crippen LogP contribution in [0.5, 0.6) is 0 Å². The summed E-state index contributed by atoms with van der Waals surface area (Å²) in [5, 5.41) is 9.09. The van der Waals surface area contributed by atoms with E-state index in [1.165, 1.54) is 11.1 Å². The third kappa shape index (κ3) is 3.97. The van der Waals surface area contributed by atoms with Gasteiger partial charge in [0.15, 0.2) is 0 Å². The Bertz CT molecular complexity index is 1070. The first-order chi connectivity index (χ1) is 13.2. The Labute approximate surface area is 168 Å². The molecular formula is C25H27N3. The molecule has 0 aliphatic rings. The lowest BCUT2D eigenvalue weighted by molar-refractivity contribution is 0.590. The van der Waals surface area contributed by atoms with Gasteiger partial charge in [0.1, 0.15) is 0 Å². The van der Waals surface area contributed by atoms with Crippen molar-refractivity contribution in [2.45, 2.75) is 53.4 Å². The minimum atomic E-state index is 0.0834. The van der Waals surface area contributed by atoms with E-state index >= 15 is 0 Å². The van der Waals surface area contributed by atoms with Crippen LogP contribution in [0, 0.1) is 25.2 Å². The van der Waals surface area contributed by atoms with Gasteiger partial charge in [-0.3, -0.25) is 4.98 Å². The smallest absolute Gasteiger partial charge is 0.0991 e. The molecule has 3 nitrogen and oxygen atoms in total. The van der Waals surface area contributed by atoms with Crippen molar-refractivity contribution < 1.29 is 0 Å². The molecule has 0 saturated heterocycles. The number of nitrogens with zero attached hydrogens (tertiary/aromatic N) is 3. The van der Waals surface area contributed by atoms with Crippen molar-refractivity contribution in [1.29, 1.82) is 5.26 Å². The lowest BCUT2D eigenvalue weighted by Crippen LogP contribution is -2.11. The fourth-order valence-electron chi connectivity index (χ4n) is 3.42. The van der Waals surface area contributed by atoms with Gasteiger partial charge < -0.3 is 0 Å². The molecule has 0 radical (unpaired) electrons. The number of nitriles is 1. The predicted molar refractivity (Wildman–Crippen MR) is 115 cm³/mol. The number of aryl methyl sites for hydroxylation is 3. The molecule has 0 aliphatic heterocycles. The summed E-state index contributed by atoms with van der Waals surface area (Å²) >= 11 is 0. The molecule has 0 bridgehead atoms. The Morgan fingerprint density at radius 1 is 1.04 bits per heavy atom. The first-order valence-corrected chi connectivity index (χ1v) is 9.72. The first-order valence-electron chi connectivity index (χ1n) is 9.72. The topological polar surface area (TPSA) is 49.6 Å². The minimum absolute atomic E-state index is 0.0834. The zero-order chi connectivity index (χ0) is 20.5. The fourth-order valence-corrected chi connectivity index (χ4v) is 3.42. The quantitative estimate of drug-likeness (QED) is 0.555. The molecule has 1 aromatic heterocycles. The van der Waals surface area contributed by atoms with Crippen molar-refractivity contribution in [3.8, 4) is 28.6 Å². The largest absolute Gasteiger partial charge is 0.252 e. The molecule has 0 aliphatic carbocycles. The summed E-state index contributed by atoms with van der Waals surface area (Å²) in [5.74, 6) is 0. The van der Waals surface area contributed by atoms with Gasteiger partial charge >= 0.3 is 0 Å². The van der Waals surface area contributed by atoms with Crippen LogP contribution in [-0.4, -0.2) is 9.97 Å². The molecule has 3 rings (SSSR count). The molecule has 0 saturated carbocycles. The van der Waals surface area contributed by atoms with Crippen LogP contribution in [-0.2, 0) is 11.8 Å². The summed E-state index contributed by atoms with van der Waals surface area (Å²) < 4.78 is 0. The highest BCUT2D eigenvalue weighted by Crippen LogP contribution is 2.31. The van der Waals surface area contributed by atoms with E-state index in [0.29, 0.717) is 5.56 Å². The summed E-state index contributed by atoms with van der Waals surface area (Å²) in [6.45, 7) is 12.9. The second kappa shape index (κ2) is 7.56. The Hall–Kier alpha value is -2.99. The highest BCUT2D eigenvalue weighted by Gasteiger charge is 2.17. The average Bonchev–Trinajstić information content (AvgIpc) is 2.66. The summed E-state index contributed by atoms with van der Waals surface area (Å²) in [6, 6.07) is 14.5. The molecule has 3 heteroatoms. The Kier molecular flexibility index (Phi) is 5.34. The second-order valence-corrected chi connectivity index (χ2v) is 8.38. The normalized spacial score (nSPS) is 11.3. The highest BCUT2D eigenvalue weighted by molar-refractivity contribution is 5.69. The van der Waals surface area contributed by atoms with Crippen LogP contribution in [0.2, 0.25) is 0 Å². The Morgan fingerprint density at radius 2 is 1.79 bits per heavy atom. The van der Waals surface area contributed by atoms with Crippen molar-refractivity contribution in [1.82, 2.24) is 9.97 Å². The zero-order valence-corrected chi connectivity index (χ0v) is 17.6. The molecule has 0 atom stereocenters. The zero-order valence-electron chi connectivity index (χ0n) is 17.6. The van der Waals surface area contributed by atoms with Gasteiger partial charge in [-0.2, -0.15) is 5.26 Å². The third-order valence-corrected chi connectivity index (χ3v) is 5.03. The molecule has 1 heterocycles. The SMILES string of the molecule is CCc1nc(-c2ccc(C#N)cc2C)cnc1-c1cc(C)cc(C(C)(C)C)c1. The van der Waals surface area contributed by atoms with Crippen molar-refractivity contribution >= 4 is 0 Å². The van der Waals surface area contributed by atoms with E-state index in [2.05, 4.69) is 58.9 Å². The van der Waals surface area contributed by atoms with Gasteiger partial charge in [0, 0.05) is 11.1 Å². The Morgan fingerprint density at radius 3 is 2.39 bits per heavy atom. The monoisotopic (exact) mass is 369 g/mol. The van der Waals surface area contributed by atoms with Gasteiger partial charge in [0.25, 0.3) is 0 Å². The number of hydrogen-bond acceptors (Lipinski definition) is 3. The number of rotatable bonds is 3. The van der Waals surface area contributed by atoms with Gasteiger partial charge in [-0.05, 0) is 61.1 Å². The van der Waals surface area contributed by atoms with Crippen LogP contribution in [0.25, 0.3) is 22.5 Å². The van der Waals surface area contributed by atoms with Gasteiger partial charge in [0.05, 0.1) is 34.9 Å². The van der Waals surface area contributed by atoms with E-state index < -0.39 is 0 Å². The molecular weight excluding hydrogens is 342 g/mol. The summed E-state index contributed by atoms with van der Waals surface area (Å²) in [4.78, 5) is 9.75. The molecule has 142 valence electrons. The molecule has 28 heavy (non-hydrogen) atoms. The van der Waals surface area contributed by atoms with E-state index in [0.717, 1.165) is 40.2 Å². The van der Waals surface area contributed by atoms with E-state index in [4.69, 9.17) is 15.2 Å². The molecule has 0 unspecified atom stereocenters. The maximum absolute atomic E-state index is 9.09. The van der Waals surface area contributed by atoms with E-state index in [1.807, 2.05) is 31.3 Å². The maximum Gasteiger partial charge on any atom is 0.0991 e. The van der Waals surface area contributed by atoms with Crippen LogP contribution in [0.1, 0.15) is 55.6 Å². The highest BCUT2D eigenvalue weighted by atomic mass is 14.8. The number of aromatic nitrogens is 2. The van der Waals surface area contributed by atoms with E-state index in [1.54, 1.807) is 0 Å².